The summed E-state index contributed by atoms with van der Waals surface area (Å²) in [6.45, 7) is 7.36. The predicted molar refractivity (Wildman–Crippen MR) is 114 cm³/mol. The van der Waals surface area contributed by atoms with Crippen molar-refractivity contribution in [2.24, 2.45) is 4.99 Å². The van der Waals surface area contributed by atoms with E-state index in [1.54, 1.807) is 17.5 Å². The van der Waals surface area contributed by atoms with Crippen molar-refractivity contribution in [3.05, 3.63) is 58.9 Å². The molecule has 1 saturated heterocycles. The summed E-state index contributed by atoms with van der Waals surface area (Å²) < 4.78 is 12.3. The number of ether oxygens (including phenoxy) is 2. The quantitative estimate of drug-likeness (QED) is 0.462. The third-order valence-corrected chi connectivity index (χ3v) is 4.82. The second-order valence-corrected chi connectivity index (χ2v) is 7.11. The second kappa shape index (κ2) is 9.04. The molecule has 8 nitrogen and oxygen atoms in total. The highest BCUT2D eigenvalue weighted by Crippen LogP contribution is 2.20. The van der Waals surface area contributed by atoms with Crippen molar-refractivity contribution >= 4 is 23.6 Å². The van der Waals surface area contributed by atoms with Gasteiger partial charge in [-0.15, -0.1) is 0 Å². The van der Waals surface area contributed by atoms with Gasteiger partial charge in [-0.1, -0.05) is 29.8 Å². The number of aromatic nitrogens is 3. The molecule has 1 aliphatic rings. The number of fused-ring (bicyclic) bond motifs is 1. The fourth-order valence-electron chi connectivity index (χ4n) is 3.41. The smallest absolute Gasteiger partial charge is 0.358 e. The predicted octanol–water partition coefficient (Wildman–Crippen LogP) is 2.67. The molecule has 3 aromatic rings. The molecule has 0 bridgehead atoms. The van der Waals surface area contributed by atoms with E-state index in [9.17, 15) is 4.79 Å². The highest BCUT2D eigenvalue weighted by atomic mass is 16.5. The Labute approximate surface area is 175 Å². The number of carbonyl (C=O) groups excluding carboxylic acids is 1. The summed E-state index contributed by atoms with van der Waals surface area (Å²) in [5.41, 5.74) is 3.91. The summed E-state index contributed by atoms with van der Waals surface area (Å²) in [6, 6.07) is 11.8. The summed E-state index contributed by atoms with van der Waals surface area (Å²) >= 11 is 0. The zero-order chi connectivity index (χ0) is 20.9. The molecule has 1 aromatic carbocycles. The number of aliphatic imine (C=N–C) groups is 1. The van der Waals surface area contributed by atoms with Crippen LogP contribution in [-0.2, 0) is 16.0 Å². The molecule has 0 saturated carbocycles. The Kier molecular flexibility index (Phi) is 6.04. The van der Waals surface area contributed by atoms with Gasteiger partial charge in [0.2, 0.25) is 0 Å². The molecule has 0 unspecified atom stereocenters. The summed E-state index contributed by atoms with van der Waals surface area (Å²) in [5, 5.41) is 4.44. The van der Waals surface area contributed by atoms with E-state index in [2.05, 4.69) is 39.0 Å². The number of hydrogen-bond acceptors (Lipinski definition) is 7. The van der Waals surface area contributed by atoms with E-state index in [1.807, 2.05) is 24.4 Å². The number of morpholine rings is 1. The van der Waals surface area contributed by atoms with Crippen molar-refractivity contribution in [2.75, 3.05) is 37.8 Å². The van der Waals surface area contributed by atoms with Crippen molar-refractivity contribution < 1.29 is 14.3 Å². The molecule has 30 heavy (non-hydrogen) atoms. The van der Waals surface area contributed by atoms with Gasteiger partial charge in [-0.05, 0) is 19.4 Å². The highest BCUT2D eigenvalue weighted by Gasteiger charge is 2.20. The zero-order valence-corrected chi connectivity index (χ0v) is 17.2. The first-order chi connectivity index (χ1) is 14.6. The third kappa shape index (κ3) is 4.49. The standard InChI is InChI=1S/C22H25N5O3/c1-3-30-22(28)19-13-20-24-18(15-23-14-17-6-4-5-16(2)11-17)12-21(27(20)25-19)26-7-9-29-10-8-26/h4-6,11-14H,3,7-10,15H2,1-2H3. The Morgan fingerprint density at radius 3 is 2.87 bits per heavy atom. The van der Waals surface area contributed by atoms with Crippen LogP contribution >= 0.6 is 0 Å². The average Bonchev–Trinajstić information content (AvgIpc) is 3.18. The van der Waals surface area contributed by atoms with E-state index in [0.717, 1.165) is 30.2 Å². The molecule has 1 aliphatic heterocycles. The molecule has 0 amide bonds. The van der Waals surface area contributed by atoms with Crippen LogP contribution < -0.4 is 4.90 Å². The summed E-state index contributed by atoms with van der Waals surface area (Å²) in [6.07, 6.45) is 1.85. The summed E-state index contributed by atoms with van der Waals surface area (Å²) in [7, 11) is 0. The maximum Gasteiger partial charge on any atom is 0.358 e. The number of rotatable bonds is 6. The molecule has 1 fully saturated rings. The first-order valence-corrected chi connectivity index (χ1v) is 10.1. The van der Waals surface area contributed by atoms with Crippen LogP contribution in [-0.4, -0.2) is 59.7 Å². The van der Waals surface area contributed by atoms with Gasteiger partial charge in [0.1, 0.15) is 5.82 Å². The molecule has 4 rings (SSSR count). The number of carbonyl (C=O) groups is 1. The minimum Gasteiger partial charge on any atom is -0.461 e. The van der Waals surface area contributed by atoms with E-state index in [4.69, 9.17) is 9.47 Å². The molecule has 8 heteroatoms. The normalized spacial score (nSPS) is 14.5. The Bertz CT molecular complexity index is 1070. The monoisotopic (exact) mass is 407 g/mol. The molecule has 0 radical (unpaired) electrons. The van der Waals surface area contributed by atoms with Crippen molar-refractivity contribution in [3.8, 4) is 0 Å². The van der Waals surface area contributed by atoms with E-state index in [0.29, 0.717) is 32.0 Å². The maximum atomic E-state index is 12.2. The van der Waals surface area contributed by atoms with Gasteiger partial charge in [0.25, 0.3) is 0 Å². The third-order valence-electron chi connectivity index (χ3n) is 4.82. The lowest BCUT2D eigenvalue weighted by atomic mass is 10.1. The summed E-state index contributed by atoms with van der Waals surface area (Å²) in [5.74, 6) is 0.426. The second-order valence-electron chi connectivity index (χ2n) is 7.11. The lowest BCUT2D eigenvalue weighted by molar-refractivity contribution is 0.0519. The molecule has 0 aliphatic carbocycles. The van der Waals surface area contributed by atoms with Crippen molar-refractivity contribution in [1.82, 2.24) is 14.6 Å². The van der Waals surface area contributed by atoms with Gasteiger partial charge >= 0.3 is 5.97 Å². The maximum absolute atomic E-state index is 12.2. The Balaban J connectivity index is 1.66. The number of aryl methyl sites for hydroxylation is 1. The average molecular weight is 407 g/mol. The van der Waals surface area contributed by atoms with Gasteiger partial charge in [-0.2, -0.15) is 9.61 Å². The minimum atomic E-state index is -0.449. The van der Waals surface area contributed by atoms with Gasteiger partial charge < -0.3 is 14.4 Å². The molecule has 156 valence electrons. The van der Waals surface area contributed by atoms with Gasteiger partial charge in [0.05, 0.1) is 32.1 Å². The number of esters is 1. The Morgan fingerprint density at radius 2 is 2.10 bits per heavy atom. The van der Waals surface area contributed by atoms with Gasteiger partial charge in [-0.3, -0.25) is 4.99 Å². The van der Waals surface area contributed by atoms with E-state index >= 15 is 0 Å². The lowest BCUT2D eigenvalue weighted by Crippen LogP contribution is -2.37. The highest BCUT2D eigenvalue weighted by molar-refractivity contribution is 5.88. The van der Waals surface area contributed by atoms with E-state index in [-0.39, 0.29) is 5.69 Å². The number of nitrogens with zero attached hydrogens (tertiary/aromatic N) is 5. The largest absolute Gasteiger partial charge is 0.461 e. The van der Waals surface area contributed by atoms with Crippen molar-refractivity contribution in [1.29, 1.82) is 0 Å². The molecular weight excluding hydrogens is 382 g/mol. The Morgan fingerprint density at radius 1 is 1.27 bits per heavy atom. The molecule has 3 heterocycles. The molecular formula is C22H25N5O3. The topological polar surface area (TPSA) is 81.3 Å². The zero-order valence-electron chi connectivity index (χ0n) is 17.2. The number of anilines is 1. The molecule has 2 aromatic heterocycles. The van der Waals surface area contributed by atoms with Crippen molar-refractivity contribution in [3.63, 3.8) is 0 Å². The first kappa shape index (κ1) is 20.0. The minimum absolute atomic E-state index is 0.249. The molecule has 0 atom stereocenters. The van der Waals surface area contributed by atoms with E-state index < -0.39 is 5.97 Å². The van der Waals surface area contributed by atoms with Crippen LogP contribution in [0.4, 0.5) is 5.82 Å². The van der Waals surface area contributed by atoms with Crippen LogP contribution in [0.5, 0.6) is 0 Å². The van der Waals surface area contributed by atoms with Crippen LogP contribution in [0.2, 0.25) is 0 Å². The number of hydrogen-bond donors (Lipinski definition) is 0. The van der Waals surface area contributed by atoms with E-state index in [1.165, 1.54) is 5.56 Å². The van der Waals surface area contributed by atoms with Crippen LogP contribution in [0, 0.1) is 6.92 Å². The van der Waals surface area contributed by atoms with Gasteiger partial charge in [0, 0.05) is 31.4 Å². The summed E-state index contributed by atoms with van der Waals surface area (Å²) in [4.78, 5) is 23.6. The fourth-order valence-corrected chi connectivity index (χ4v) is 3.41. The van der Waals surface area contributed by atoms with Crippen LogP contribution in [0.25, 0.3) is 5.65 Å². The Hall–Kier alpha value is -3.26. The molecule has 0 spiro atoms. The van der Waals surface area contributed by atoms with Crippen LogP contribution in [0.3, 0.4) is 0 Å². The molecule has 0 N–H and O–H groups in total. The fraction of sp³-hybridized carbons (Fsp3) is 0.364. The van der Waals surface area contributed by atoms with Crippen molar-refractivity contribution in [2.45, 2.75) is 20.4 Å². The van der Waals surface area contributed by atoms with Crippen LogP contribution in [0.1, 0.15) is 34.2 Å². The van der Waals surface area contributed by atoms with Gasteiger partial charge in [0.15, 0.2) is 11.3 Å². The first-order valence-electron chi connectivity index (χ1n) is 10.1. The lowest BCUT2D eigenvalue weighted by Gasteiger charge is -2.29. The van der Waals surface area contributed by atoms with Crippen LogP contribution in [0.15, 0.2) is 41.4 Å². The SMILES string of the molecule is CCOC(=O)c1cc2nc(CN=Cc3cccc(C)c3)cc(N3CCOCC3)n2n1. The van der Waals surface area contributed by atoms with Gasteiger partial charge in [-0.25, -0.2) is 9.78 Å². The number of benzene rings is 1.